The minimum absolute atomic E-state index is 0.136. The summed E-state index contributed by atoms with van der Waals surface area (Å²) in [6.45, 7) is 5.88. The summed E-state index contributed by atoms with van der Waals surface area (Å²) in [5.74, 6) is 0.353. The lowest BCUT2D eigenvalue weighted by molar-refractivity contribution is -0.117. The molecule has 0 saturated carbocycles. The zero-order valence-corrected chi connectivity index (χ0v) is 19.1. The number of aromatic nitrogens is 1. The molecule has 0 spiro atoms. The Hall–Kier alpha value is -2.73. The smallest absolute Gasteiger partial charge is 0.242 e. The standard InChI is InChI=1S/C26H29ClN4O/c1-19(26(32)30-25-13-12-23(27)17-29-25)28-16-22-6-2-3-7-24(22)21-10-8-20(9-11-21)18-31-14-4-5-15-31/h2-3,6-13,17,19,28H,4-5,14-16,18H2,1H3,(H,29,30,32)/t19-/m1/s1. The van der Waals surface area contributed by atoms with E-state index in [0.717, 1.165) is 12.1 Å². The molecular formula is C26H29ClN4O. The van der Waals surface area contributed by atoms with Crippen molar-refractivity contribution >= 4 is 23.3 Å². The third-order valence-corrected chi connectivity index (χ3v) is 6.08. The first kappa shape index (κ1) is 22.5. The largest absolute Gasteiger partial charge is 0.309 e. The van der Waals surface area contributed by atoms with E-state index in [1.807, 2.05) is 13.0 Å². The number of benzene rings is 2. The summed E-state index contributed by atoms with van der Waals surface area (Å²) in [7, 11) is 0. The molecule has 0 bridgehead atoms. The minimum Gasteiger partial charge on any atom is -0.309 e. The maximum absolute atomic E-state index is 12.5. The summed E-state index contributed by atoms with van der Waals surface area (Å²) in [4.78, 5) is 19.1. The lowest BCUT2D eigenvalue weighted by Crippen LogP contribution is -2.37. The van der Waals surface area contributed by atoms with Gasteiger partial charge in [-0.05, 0) is 67.2 Å². The second kappa shape index (κ2) is 10.7. The first-order valence-electron chi connectivity index (χ1n) is 11.1. The number of rotatable bonds is 8. The number of carbonyl (C=O) groups is 1. The minimum atomic E-state index is -0.372. The van der Waals surface area contributed by atoms with Crippen LogP contribution < -0.4 is 10.6 Å². The number of nitrogens with zero attached hydrogens (tertiary/aromatic N) is 2. The van der Waals surface area contributed by atoms with Gasteiger partial charge in [-0.15, -0.1) is 0 Å². The van der Waals surface area contributed by atoms with Gasteiger partial charge >= 0.3 is 0 Å². The maximum Gasteiger partial charge on any atom is 0.242 e. The van der Waals surface area contributed by atoms with Gasteiger partial charge in [0.1, 0.15) is 5.82 Å². The van der Waals surface area contributed by atoms with Crippen molar-refractivity contribution in [1.82, 2.24) is 15.2 Å². The molecule has 32 heavy (non-hydrogen) atoms. The Balaban J connectivity index is 1.37. The average Bonchev–Trinajstić information content (AvgIpc) is 3.33. The van der Waals surface area contributed by atoms with Crippen LogP contribution in [-0.4, -0.2) is 34.9 Å². The summed E-state index contributed by atoms with van der Waals surface area (Å²) in [5, 5.41) is 6.68. The molecule has 1 amide bonds. The Morgan fingerprint density at radius 1 is 1.06 bits per heavy atom. The molecule has 166 valence electrons. The van der Waals surface area contributed by atoms with Crippen LogP contribution in [0.5, 0.6) is 0 Å². The van der Waals surface area contributed by atoms with Gasteiger partial charge in [0.15, 0.2) is 0 Å². The number of hydrogen-bond donors (Lipinski definition) is 2. The highest BCUT2D eigenvalue weighted by Crippen LogP contribution is 2.25. The SMILES string of the molecule is C[C@@H](NCc1ccccc1-c1ccc(CN2CCCC2)cc1)C(=O)Nc1ccc(Cl)cn1. The quantitative estimate of drug-likeness (QED) is 0.502. The molecule has 1 aliphatic heterocycles. The van der Waals surface area contributed by atoms with Gasteiger partial charge in [0.05, 0.1) is 11.1 Å². The molecule has 1 atom stereocenters. The third kappa shape index (κ3) is 5.94. The van der Waals surface area contributed by atoms with Gasteiger partial charge < -0.3 is 10.6 Å². The zero-order valence-electron chi connectivity index (χ0n) is 18.4. The molecule has 2 heterocycles. The highest BCUT2D eigenvalue weighted by molar-refractivity contribution is 6.30. The molecule has 1 aromatic heterocycles. The van der Waals surface area contributed by atoms with E-state index in [-0.39, 0.29) is 11.9 Å². The number of halogens is 1. The Kier molecular flexibility index (Phi) is 7.53. The van der Waals surface area contributed by atoms with E-state index in [1.165, 1.54) is 48.8 Å². The van der Waals surface area contributed by atoms with Gasteiger partial charge in [0, 0.05) is 19.3 Å². The summed E-state index contributed by atoms with van der Waals surface area (Å²) in [5.41, 5.74) is 4.88. The fourth-order valence-electron chi connectivity index (χ4n) is 3.98. The van der Waals surface area contributed by atoms with Crippen molar-refractivity contribution in [3.8, 4) is 11.1 Å². The van der Waals surface area contributed by atoms with Crippen molar-refractivity contribution in [3.63, 3.8) is 0 Å². The van der Waals surface area contributed by atoms with Crippen molar-refractivity contribution in [1.29, 1.82) is 0 Å². The van der Waals surface area contributed by atoms with Crippen LogP contribution in [0, 0.1) is 0 Å². The third-order valence-electron chi connectivity index (χ3n) is 5.86. The molecule has 1 saturated heterocycles. The average molecular weight is 449 g/mol. The summed E-state index contributed by atoms with van der Waals surface area (Å²) in [6, 6.07) is 20.2. The summed E-state index contributed by atoms with van der Waals surface area (Å²) >= 11 is 5.85. The van der Waals surface area contributed by atoms with E-state index in [9.17, 15) is 4.79 Å². The van der Waals surface area contributed by atoms with Crippen LogP contribution in [0.1, 0.15) is 30.9 Å². The van der Waals surface area contributed by atoms with E-state index >= 15 is 0 Å². The molecular weight excluding hydrogens is 420 g/mol. The Bertz CT molecular complexity index is 1030. The number of carbonyl (C=O) groups excluding carboxylic acids is 1. The first-order valence-corrected chi connectivity index (χ1v) is 11.5. The van der Waals surface area contributed by atoms with Crippen LogP contribution >= 0.6 is 11.6 Å². The zero-order chi connectivity index (χ0) is 22.3. The molecule has 1 aliphatic rings. The molecule has 4 rings (SSSR count). The molecule has 2 aromatic carbocycles. The number of nitrogens with one attached hydrogen (secondary N) is 2. The number of pyridine rings is 1. The lowest BCUT2D eigenvalue weighted by Gasteiger charge is -2.17. The molecule has 3 aromatic rings. The summed E-state index contributed by atoms with van der Waals surface area (Å²) in [6.07, 6.45) is 4.14. The predicted octanol–water partition coefficient (Wildman–Crippen LogP) is 5.11. The Morgan fingerprint density at radius 3 is 2.53 bits per heavy atom. The second-order valence-electron chi connectivity index (χ2n) is 8.29. The van der Waals surface area contributed by atoms with Gasteiger partial charge in [-0.3, -0.25) is 9.69 Å². The molecule has 2 N–H and O–H groups in total. The number of amides is 1. The van der Waals surface area contributed by atoms with E-state index in [2.05, 4.69) is 63.0 Å². The molecule has 0 radical (unpaired) electrons. The van der Waals surface area contributed by atoms with Crippen LogP contribution in [0.25, 0.3) is 11.1 Å². The topological polar surface area (TPSA) is 57.3 Å². The van der Waals surface area contributed by atoms with Gasteiger partial charge in [0.2, 0.25) is 5.91 Å². The van der Waals surface area contributed by atoms with Gasteiger partial charge in [0.25, 0.3) is 0 Å². The second-order valence-corrected chi connectivity index (χ2v) is 8.73. The van der Waals surface area contributed by atoms with Crippen molar-refractivity contribution in [3.05, 3.63) is 83.0 Å². The normalized spacial score (nSPS) is 14.9. The first-order chi connectivity index (χ1) is 15.6. The van der Waals surface area contributed by atoms with Crippen LogP contribution in [0.2, 0.25) is 5.02 Å². The molecule has 6 heteroatoms. The predicted molar refractivity (Wildman–Crippen MR) is 131 cm³/mol. The molecule has 5 nitrogen and oxygen atoms in total. The van der Waals surface area contributed by atoms with Crippen LogP contribution in [-0.2, 0) is 17.9 Å². The highest BCUT2D eigenvalue weighted by Gasteiger charge is 2.15. The van der Waals surface area contributed by atoms with Crippen LogP contribution in [0.15, 0.2) is 66.9 Å². The van der Waals surface area contributed by atoms with E-state index in [4.69, 9.17) is 11.6 Å². The Labute approximate surface area is 194 Å². The number of likely N-dealkylation sites (tertiary alicyclic amines) is 1. The molecule has 0 aliphatic carbocycles. The lowest BCUT2D eigenvalue weighted by atomic mass is 9.98. The van der Waals surface area contributed by atoms with Crippen molar-refractivity contribution in [2.45, 2.75) is 38.9 Å². The van der Waals surface area contributed by atoms with E-state index in [0.29, 0.717) is 17.4 Å². The molecule has 1 fully saturated rings. The number of anilines is 1. The Morgan fingerprint density at radius 2 is 1.81 bits per heavy atom. The number of hydrogen-bond acceptors (Lipinski definition) is 4. The highest BCUT2D eigenvalue weighted by atomic mass is 35.5. The maximum atomic E-state index is 12.5. The van der Waals surface area contributed by atoms with Crippen LogP contribution in [0.3, 0.4) is 0 Å². The van der Waals surface area contributed by atoms with Gasteiger partial charge in [-0.1, -0.05) is 60.1 Å². The van der Waals surface area contributed by atoms with Gasteiger partial charge in [-0.2, -0.15) is 0 Å². The summed E-state index contributed by atoms with van der Waals surface area (Å²) < 4.78 is 0. The fourth-order valence-corrected chi connectivity index (χ4v) is 4.10. The molecule has 0 unspecified atom stereocenters. The van der Waals surface area contributed by atoms with Crippen molar-refractivity contribution < 1.29 is 4.79 Å². The van der Waals surface area contributed by atoms with Gasteiger partial charge in [-0.25, -0.2) is 4.98 Å². The monoisotopic (exact) mass is 448 g/mol. The van der Waals surface area contributed by atoms with E-state index < -0.39 is 0 Å². The van der Waals surface area contributed by atoms with Crippen LogP contribution in [0.4, 0.5) is 5.82 Å². The fraction of sp³-hybridized carbons (Fsp3) is 0.308. The van der Waals surface area contributed by atoms with E-state index in [1.54, 1.807) is 12.1 Å². The van der Waals surface area contributed by atoms with Crippen molar-refractivity contribution in [2.24, 2.45) is 0 Å². The van der Waals surface area contributed by atoms with Crippen molar-refractivity contribution in [2.75, 3.05) is 18.4 Å².